The topological polar surface area (TPSA) is 72.0 Å². The molecule has 1 fully saturated rings. The van der Waals surface area contributed by atoms with Gasteiger partial charge in [0.2, 0.25) is 0 Å². The molecule has 1 unspecified atom stereocenters. The van der Waals surface area contributed by atoms with Gasteiger partial charge in [0, 0.05) is 33.9 Å². The first-order chi connectivity index (χ1) is 10.1. The summed E-state index contributed by atoms with van der Waals surface area (Å²) in [5.74, 6) is 0.322. The van der Waals surface area contributed by atoms with Crippen molar-refractivity contribution in [2.45, 2.75) is 32.6 Å². The van der Waals surface area contributed by atoms with Crippen LogP contribution in [0.1, 0.15) is 32.6 Å². The van der Waals surface area contributed by atoms with E-state index in [-0.39, 0.29) is 35.9 Å². The fraction of sp³-hybridized carbons (Fsp3) is 0.867. The quantitative estimate of drug-likeness (QED) is 0.268. The first-order valence-corrected chi connectivity index (χ1v) is 7.58. The van der Waals surface area contributed by atoms with E-state index >= 15 is 0 Å². The van der Waals surface area contributed by atoms with Gasteiger partial charge >= 0.3 is 5.97 Å². The van der Waals surface area contributed by atoms with E-state index in [1.165, 1.54) is 26.4 Å². The molecule has 0 saturated heterocycles. The van der Waals surface area contributed by atoms with Gasteiger partial charge in [-0.2, -0.15) is 0 Å². The maximum atomic E-state index is 11.4. The van der Waals surface area contributed by atoms with Gasteiger partial charge in [-0.25, -0.2) is 0 Å². The first kappa shape index (κ1) is 21.4. The number of hydrogen-bond acceptors (Lipinski definition) is 4. The van der Waals surface area contributed by atoms with Crippen molar-refractivity contribution < 1.29 is 14.3 Å². The average molecular weight is 427 g/mol. The van der Waals surface area contributed by atoms with Crippen molar-refractivity contribution in [2.24, 2.45) is 16.3 Å². The van der Waals surface area contributed by atoms with E-state index in [0.717, 1.165) is 25.5 Å². The number of halogens is 1. The summed E-state index contributed by atoms with van der Waals surface area (Å²) in [6, 6.07) is 0. The smallest absolute Gasteiger partial charge is 0.310 e. The lowest BCUT2D eigenvalue weighted by Crippen LogP contribution is -2.48. The van der Waals surface area contributed by atoms with Crippen molar-refractivity contribution in [1.82, 2.24) is 10.6 Å². The molecule has 2 N–H and O–H groups in total. The Morgan fingerprint density at radius 2 is 2.00 bits per heavy atom. The average Bonchev–Trinajstić information content (AvgIpc) is 2.47. The molecular formula is C15H30IN3O3. The molecule has 6 nitrogen and oxygen atoms in total. The van der Waals surface area contributed by atoms with Crippen molar-refractivity contribution in [3.05, 3.63) is 0 Å². The molecule has 22 heavy (non-hydrogen) atoms. The molecule has 1 aliphatic rings. The van der Waals surface area contributed by atoms with Gasteiger partial charge in [-0.05, 0) is 24.7 Å². The van der Waals surface area contributed by atoms with Crippen molar-refractivity contribution >= 4 is 35.9 Å². The number of nitrogens with zero attached hydrogens (tertiary/aromatic N) is 1. The van der Waals surface area contributed by atoms with E-state index in [4.69, 9.17) is 9.47 Å². The molecule has 0 aromatic heterocycles. The number of esters is 1. The number of guanidine groups is 1. The molecule has 0 bridgehead atoms. The summed E-state index contributed by atoms with van der Waals surface area (Å²) < 4.78 is 9.91. The molecule has 1 atom stereocenters. The van der Waals surface area contributed by atoms with E-state index in [0.29, 0.717) is 12.0 Å². The molecule has 0 radical (unpaired) electrons. The third-order valence-corrected chi connectivity index (χ3v) is 4.28. The second kappa shape index (κ2) is 11.0. The van der Waals surface area contributed by atoms with Crippen LogP contribution < -0.4 is 10.6 Å². The Hall–Kier alpha value is -0.570. The van der Waals surface area contributed by atoms with E-state index in [1.807, 2.05) is 6.92 Å². The Morgan fingerprint density at radius 1 is 1.32 bits per heavy atom. The second-order valence-electron chi connectivity index (χ2n) is 5.83. The molecule has 1 aliphatic carbocycles. The van der Waals surface area contributed by atoms with Crippen molar-refractivity contribution in [2.75, 3.05) is 41.0 Å². The Labute approximate surface area is 150 Å². The third-order valence-electron chi connectivity index (χ3n) is 4.28. The Balaban J connectivity index is 0.00000441. The number of aliphatic imine (C=N–C) groups is 1. The largest absolute Gasteiger partial charge is 0.469 e. The minimum Gasteiger partial charge on any atom is -0.469 e. The number of nitrogens with one attached hydrogen (secondary N) is 2. The van der Waals surface area contributed by atoms with Gasteiger partial charge in [-0.15, -0.1) is 24.0 Å². The molecule has 0 amide bonds. The van der Waals surface area contributed by atoms with Gasteiger partial charge in [0.15, 0.2) is 5.96 Å². The molecule has 0 aromatic rings. The van der Waals surface area contributed by atoms with Gasteiger partial charge in [-0.1, -0.05) is 13.3 Å². The standard InChI is InChI=1S/C15H29N3O3.HI/c1-12(13(19)21-4)10-17-14(16-2)18-11-15(6-5-7-15)8-9-20-3;/h12H,5-11H2,1-4H3,(H2,16,17,18);1H. The van der Waals surface area contributed by atoms with Crippen molar-refractivity contribution in [3.8, 4) is 0 Å². The summed E-state index contributed by atoms with van der Waals surface area (Å²) in [5.41, 5.74) is 0.335. The Kier molecular flexibility index (Phi) is 10.8. The summed E-state index contributed by atoms with van der Waals surface area (Å²) in [5, 5.41) is 6.53. The van der Waals surface area contributed by atoms with Gasteiger partial charge in [0.1, 0.15) is 0 Å². The van der Waals surface area contributed by atoms with Crippen LogP contribution in [-0.2, 0) is 14.3 Å². The number of carbonyl (C=O) groups is 1. The highest BCUT2D eigenvalue weighted by Crippen LogP contribution is 2.43. The van der Waals surface area contributed by atoms with Crippen molar-refractivity contribution in [3.63, 3.8) is 0 Å². The van der Waals surface area contributed by atoms with Crippen LogP contribution in [0.4, 0.5) is 0 Å². The Bertz CT molecular complexity index is 360. The first-order valence-electron chi connectivity index (χ1n) is 7.58. The highest BCUT2D eigenvalue weighted by atomic mass is 127. The minimum atomic E-state index is -0.214. The summed E-state index contributed by atoms with van der Waals surface area (Å²) in [6.07, 6.45) is 4.83. The number of carbonyl (C=O) groups excluding carboxylic acids is 1. The lowest BCUT2D eigenvalue weighted by atomic mass is 9.67. The second-order valence-corrected chi connectivity index (χ2v) is 5.83. The molecule has 7 heteroatoms. The molecule has 1 rings (SSSR count). The monoisotopic (exact) mass is 427 g/mol. The summed E-state index contributed by atoms with van der Waals surface area (Å²) in [7, 11) is 4.89. The molecule has 130 valence electrons. The molecular weight excluding hydrogens is 397 g/mol. The lowest BCUT2D eigenvalue weighted by molar-refractivity contribution is -0.144. The van der Waals surface area contributed by atoms with Crippen LogP contribution in [0.5, 0.6) is 0 Å². The van der Waals surface area contributed by atoms with Gasteiger partial charge in [-0.3, -0.25) is 9.79 Å². The number of rotatable bonds is 8. The summed E-state index contributed by atoms with van der Waals surface area (Å²) in [6.45, 7) is 4.03. The zero-order chi connectivity index (χ0) is 15.7. The normalized spacial score (nSPS) is 17.7. The molecule has 0 aromatic carbocycles. The number of methoxy groups -OCH3 is 2. The van der Waals surface area contributed by atoms with Crippen LogP contribution in [0.2, 0.25) is 0 Å². The van der Waals surface area contributed by atoms with Gasteiger partial charge in [0.05, 0.1) is 13.0 Å². The maximum Gasteiger partial charge on any atom is 0.310 e. The van der Waals surface area contributed by atoms with E-state index < -0.39 is 0 Å². The van der Waals surface area contributed by atoms with Crippen LogP contribution in [0, 0.1) is 11.3 Å². The minimum absolute atomic E-state index is 0. The van der Waals surface area contributed by atoms with Crippen LogP contribution in [0.15, 0.2) is 4.99 Å². The fourth-order valence-electron chi connectivity index (χ4n) is 2.54. The van der Waals surface area contributed by atoms with E-state index in [2.05, 4.69) is 15.6 Å². The summed E-state index contributed by atoms with van der Waals surface area (Å²) in [4.78, 5) is 15.6. The molecule has 0 heterocycles. The number of hydrogen-bond donors (Lipinski definition) is 2. The Morgan fingerprint density at radius 3 is 2.45 bits per heavy atom. The van der Waals surface area contributed by atoms with Crippen molar-refractivity contribution in [1.29, 1.82) is 0 Å². The summed E-state index contributed by atoms with van der Waals surface area (Å²) >= 11 is 0. The maximum absolute atomic E-state index is 11.4. The lowest BCUT2D eigenvalue weighted by Gasteiger charge is -2.42. The highest BCUT2D eigenvalue weighted by Gasteiger charge is 2.36. The van der Waals surface area contributed by atoms with Gasteiger partial charge in [0.25, 0.3) is 0 Å². The molecule has 0 aliphatic heterocycles. The SMILES string of the molecule is CN=C(NCC(C)C(=O)OC)NCC1(CCOC)CCC1.I. The van der Waals surface area contributed by atoms with Crippen LogP contribution >= 0.6 is 24.0 Å². The molecule has 1 saturated carbocycles. The number of ether oxygens (including phenoxy) is 2. The van der Waals surface area contributed by atoms with E-state index in [9.17, 15) is 4.79 Å². The van der Waals surface area contributed by atoms with Crippen LogP contribution in [0.3, 0.4) is 0 Å². The zero-order valence-electron chi connectivity index (χ0n) is 14.1. The third kappa shape index (κ3) is 6.68. The predicted molar refractivity (Wildman–Crippen MR) is 98.7 cm³/mol. The zero-order valence-corrected chi connectivity index (χ0v) is 16.4. The molecule has 0 spiro atoms. The van der Waals surface area contributed by atoms with E-state index in [1.54, 1.807) is 14.2 Å². The van der Waals surface area contributed by atoms with Gasteiger partial charge < -0.3 is 20.1 Å². The van der Waals surface area contributed by atoms with Crippen LogP contribution in [-0.4, -0.2) is 52.9 Å². The predicted octanol–water partition coefficient (Wildman–Crippen LogP) is 1.79. The fourth-order valence-corrected chi connectivity index (χ4v) is 2.54. The van der Waals surface area contributed by atoms with Crippen LogP contribution in [0.25, 0.3) is 0 Å². The highest BCUT2D eigenvalue weighted by molar-refractivity contribution is 14.0.